The van der Waals surface area contributed by atoms with Crippen LogP contribution in [0.2, 0.25) is 0 Å². The van der Waals surface area contributed by atoms with E-state index in [1.165, 1.54) is 0 Å². The fraction of sp³-hybridized carbons (Fsp3) is 0.636. The summed E-state index contributed by atoms with van der Waals surface area (Å²) in [5, 5.41) is 6.58. The van der Waals surface area contributed by atoms with Crippen LogP contribution in [0.3, 0.4) is 0 Å². The van der Waals surface area contributed by atoms with Crippen LogP contribution in [-0.4, -0.2) is 29.6 Å². The van der Waals surface area contributed by atoms with Crippen molar-refractivity contribution in [1.82, 2.24) is 10.5 Å². The van der Waals surface area contributed by atoms with Gasteiger partial charge in [-0.15, -0.1) is 11.6 Å². The molecule has 1 aliphatic carbocycles. The lowest BCUT2D eigenvalue weighted by atomic mass is 10.2. The third kappa shape index (κ3) is 2.98. The molecule has 0 radical (unpaired) electrons. The molecule has 2 rings (SSSR count). The molecular weight excluding hydrogens is 244 g/mol. The predicted molar refractivity (Wildman–Crippen MR) is 62.0 cm³/mol. The van der Waals surface area contributed by atoms with Gasteiger partial charge in [0.25, 0.3) is 5.91 Å². The van der Waals surface area contributed by atoms with Crippen molar-refractivity contribution in [3.8, 4) is 0 Å². The monoisotopic (exact) mass is 258 g/mol. The molecule has 1 amide bonds. The van der Waals surface area contributed by atoms with E-state index in [-0.39, 0.29) is 23.0 Å². The maximum atomic E-state index is 11.8. The van der Waals surface area contributed by atoms with Crippen molar-refractivity contribution < 1.29 is 14.1 Å². The number of ether oxygens (including phenoxy) is 1. The molecule has 0 saturated heterocycles. The van der Waals surface area contributed by atoms with Gasteiger partial charge in [0.1, 0.15) is 6.61 Å². The molecule has 0 bridgehead atoms. The van der Waals surface area contributed by atoms with Gasteiger partial charge in [0.15, 0.2) is 11.5 Å². The molecule has 2 unspecified atom stereocenters. The van der Waals surface area contributed by atoms with Gasteiger partial charge >= 0.3 is 0 Å². The van der Waals surface area contributed by atoms with Gasteiger partial charge in [-0.05, 0) is 19.3 Å². The second-order valence-electron chi connectivity index (χ2n) is 4.14. The SMILES string of the molecule is COCc1cc(C(=O)NC2CCCC2Cl)no1. The topological polar surface area (TPSA) is 64.4 Å². The second kappa shape index (κ2) is 5.51. The zero-order chi connectivity index (χ0) is 12.3. The summed E-state index contributed by atoms with van der Waals surface area (Å²) < 4.78 is 9.83. The van der Waals surface area contributed by atoms with Gasteiger partial charge in [0, 0.05) is 19.2 Å². The summed E-state index contributed by atoms with van der Waals surface area (Å²) >= 11 is 6.09. The molecule has 0 spiro atoms. The summed E-state index contributed by atoms with van der Waals surface area (Å²) in [6.45, 7) is 0.307. The van der Waals surface area contributed by atoms with Crippen LogP contribution < -0.4 is 5.32 Å². The molecule has 1 heterocycles. The Balaban J connectivity index is 1.94. The van der Waals surface area contributed by atoms with Crippen molar-refractivity contribution in [2.75, 3.05) is 7.11 Å². The average molecular weight is 259 g/mol. The number of nitrogens with one attached hydrogen (secondary N) is 1. The summed E-state index contributed by atoms with van der Waals surface area (Å²) in [5.74, 6) is 0.292. The van der Waals surface area contributed by atoms with Crippen LogP contribution in [0.1, 0.15) is 35.5 Å². The van der Waals surface area contributed by atoms with E-state index in [1.807, 2.05) is 0 Å². The number of hydrogen-bond acceptors (Lipinski definition) is 4. The number of alkyl halides is 1. The van der Waals surface area contributed by atoms with Crippen LogP contribution in [0.15, 0.2) is 10.6 Å². The Labute approximate surface area is 104 Å². The largest absolute Gasteiger partial charge is 0.377 e. The fourth-order valence-electron chi connectivity index (χ4n) is 1.95. The number of carbonyl (C=O) groups is 1. The zero-order valence-electron chi connectivity index (χ0n) is 9.61. The molecule has 6 heteroatoms. The number of nitrogens with zero attached hydrogens (tertiary/aromatic N) is 1. The molecule has 0 aromatic carbocycles. The van der Waals surface area contributed by atoms with Crippen LogP contribution in [0.4, 0.5) is 0 Å². The zero-order valence-corrected chi connectivity index (χ0v) is 10.4. The first-order valence-electron chi connectivity index (χ1n) is 5.60. The van der Waals surface area contributed by atoms with Crippen LogP contribution in [0.25, 0.3) is 0 Å². The first-order chi connectivity index (χ1) is 8.20. The van der Waals surface area contributed by atoms with Crippen LogP contribution in [-0.2, 0) is 11.3 Å². The van der Waals surface area contributed by atoms with Gasteiger partial charge in [-0.25, -0.2) is 0 Å². The highest BCUT2D eigenvalue weighted by Crippen LogP contribution is 2.24. The molecular formula is C11H15ClN2O3. The highest BCUT2D eigenvalue weighted by molar-refractivity contribution is 6.21. The lowest BCUT2D eigenvalue weighted by Crippen LogP contribution is -2.37. The van der Waals surface area contributed by atoms with E-state index >= 15 is 0 Å². The standard InChI is InChI=1S/C11H15ClN2O3/c1-16-6-7-5-10(14-17-7)11(15)13-9-4-2-3-8(9)12/h5,8-9H,2-4,6H2,1H3,(H,13,15). The highest BCUT2D eigenvalue weighted by Gasteiger charge is 2.27. The van der Waals surface area contributed by atoms with Crippen molar-refractivity contribution in [3.05, 3.63) is 17.5 Å². The fourth-order valence-corrected chi connectivity index (χ4v) is 2.29. The lowest BCUT2D eigenvalue weighted by molar-refractivity contribution is 0.0928. The maximum Gasteiger partial charge on any atom is 0.273 e. The quantitative estimate of drug-likeness (QED) is 0.835. The number of amides is 1. The average Bonchev–Trinajstić information content (AvgIpc) is 2.90. The minimum absolute atomic E-state index is 0.0179. The highest BCUT2D eigenvalue weighted by atomic mass is 35.5. The molecule has 94 valence electrons. The minimum atomic E-state index is -0.242. The Bertz CT molecular complexity index is 394. The summed E-state index contributed by atoms with van der Waals surface area (Å²) in [7, 11) is 1.55. The number of methoxy groups -OCH3 is 1. The van der Waals surface area contributed by atoms with E-state index in [2.05, 4.69) is 10.5 Å². The Morgan fingerprint density at radius 2 is 2.53 bits per heavy atom. The van der Waals surface area contributed by atoms with E-state index in [4.69, 9.17) is 20.9 Å². The molecule has 0 aliphatic heterocycles. The predicted octanol–water partition coefficient (Wildman–Crippen LogP) is 1.71. The molecule has 1 aliphatic rings. The third-order valence-corrected chi connectivity index (χ3v) is 3.35. The number of carbonyl (C=O) groups excluding carboxylic acids is 1. The smallest absolute Gasteiger partial charge is 0.273 e. The van der Waals surface area contributed by atoms with Crippen molar-refractivity contribution in [2.24, 2.45) is 0 Å². The molecule has 1 aromatic rings. The maximum absolute atomic E-state index is 11.8. The summed E-state index contributed by atoms with van der Waals surface area (Å²) in [4.78, 5) is 11.8. The van der Waals surface area contributed by atoms with Gasteiger partial charge < -0.3 is 14.6 Å². The Hall–Kier alpha value is -1.07. The van der Waals surface area contributed by atoms with Gasteiger partial charge in [0.2, 0.25) is 0 Å². The van der Waals surface area contributed by atoms with Crippen molar-refractivity contribution in [3.63, 3.8) is 0 Å². The molecule has 17 heavy (non-hydrogen) atoms. The lowest BCUT2D eigenvalue weighted by Gasteiger charge is -2.14. The molecule has 1 N–H and O–H groups in total. The Morgan fingerprint density at radius 1 is 1.71 bits per heavy atom. The van der Waals surface area contributed by atoms with E-state index in [0.717, 1.165) is 19.3 Å². The molecule has 2 atom stereocenters. The second-order valence-corrected chi connectivity index (χ2v) is 4.70. The van der Waals surface area contributed by atoms with Crippen molar-refractivity contribution >= 4 is 17.5 Å². The van der Waals surface area contributed by atoms with Gasteiger partial charge in [-0.3, -0.25) is 4.79 Å². The molecule has 1 aromatic heterocycles. The first-order valence-corrected chi connectivity index (χ1v) is 6.04. The summed E-state index contributed by atoms with van der Waals surface area (Å²) in [6, 6.07) is 1.61. The van der Waals surface area contributed by atoms with E-state index in [9.17, 15) is 4.79 Å². The van der Waals surface area contributed by atoms with Gasteiger partial charge in [-0.1, -0.05) is 5.16 Å². The minimum Gasteiger partial charge on any atom is -0.377 e. The Kier molecular flexibility index (Phi) is 4.02. The Morgan fingerprint density at radius 3 is 3.18 bits per heavy atom. The normalized spacial score (nSPS) is 23.9. The summed E-state index contributed by atoms with van der Waals surface area (Å²) in [5.41, 5.74) is 0.271. The molecule has 1 saturated carbocycles. The first kappa shape index (κ1) is 12.4. The summed E-state index contributed by atoms with van der Waals surface area (Å²) in [6.07, 6.45) is 2.91. The number of aromatic nitrogens is 1. The van der Waals surface area contributed by atoms with Crippen molar-refractivity contribution in [1.29, 1.82) is 0 Å². The van der Waals surface area contributed by atoms with Gasteiger partial charge in [0.05, 0.1) is 5.38 Å². The molecule has 1 fully saturated rings. The molecule has 5 nitrogen and oxygen atoms in total. The van der Waals surface area contributed by atoms with E-state index in [0.29, 0.717) is 12.4 Å². The van der Waals surface area contributed by atoms with Crippen LogP contribution in [0.5, 0.6) is 0 Å². The van der Waals surface area contributed by atoms with Crippen LogP contribution >= 0.6 is 11.6 Å². The van der Waals surface area contributed by atoms with Crippen molar-refractivity contribution in [2.45, 2.75) is 37.3 Å². The van der Waals surface area contributed by atoms with Crippen LogP contribution in [0, 0.1) is 0 Å². The van der Waals surface area contributed by atoms with Gasteiger partial charge in [-0.2, -0.15) is 0 Å². The number of halogens is 1. The number of rotatable bonds is 4. The number of hydrogen-bond donors (Lipinski definition) is 1. The van der Waals surface area contributed by atoms with E-state index in [1.54, 1.807) is 13.2 Å². The third-order valence-electron chi connectivity index (χ3n) is 2.83. The van der Waals surface area contributed by atoms with E-state index < -0.39 is 0 Å².